The molecule has 1 N–H and O–H groups in total. The Morgan fingerprint density at radius 3 is 2.52 bits per heavy atom. The molecular weight excluding hydrogens is 256 g/mol. The fourth-order valence-corrected chi connectivity index (χ4v) is 6.05. The zero-order valence-electron chi connectivity index (χ0n) is 14.2. The predicted octanol–water partition coefficient (Wildman–Crippen LogP) is 5.26. The molecule has 1 heteroatoms. The lowest BCUT2D eigenvalue weighted by Crippen LogP contribution is -2.50. The molecule has 0 radical (unpaired) electrons. The number of fused-ring (bicyclic) bond motifs is 2. The van der Waals surface area contributed by atoms with E-state index < -0.39 is 0 Å². The Labute approximate surface area is 130 Å². The van der Waals surface area contributed by atoms with Crippen molar-refractivity contribution in [3.05, 3.63) is 23.8 Å². The van der Waals surface area contributed by atoms with Gasteiger partial charge in [0, 0.05) is 12.0 Å². The summed E-state index contributed by atoms with van der Waals surface area (Å²) in [6.45, 7) is 11.7. The molecule has 0 saturated heterocycles. The lowest BCUT2D eigenvalue weighted by atomic mass is 9.47. The molecule has 0 bridgehead atoms. The van der Waals surface area contributed by atoms with Gasteiger partial charge in [0.1, 0.15) is 0 Å². The van der Waals surface area contributed by atoms with Crippen LogP contribution in [-0.4, -0.2) is 11.7 Å². The molecule has 0 aromatic heterocycles. The van der Waals surface area contributed by atoms with Crippen LogP contribution in [-0.2, 0) is 0 Å². The van der Waals surface area contributed by atoms with E-state index in [9.17, 15) is 5.11 Å². The summed E-state index contributed by atoms with van der Waals surface area (Å²) < 4.78 is 0. The first kappa shape index (κ1) is 15.3. The van der Waals surface area contributed by atoms with Crippen molar-refractivity contribution in [1.82, 2.24) is 0 Å². The maximum absolute atomic E-state index is 10.0. The quantitative estimate of drug-likeness (QED) is 0.687. The molecule has 3 aliphatic carbocycles. The summed E-state index contributed by atoms with van der Waals surface area (Å²) in [6.07, 6.45) is 12.3. The van der Waals surface area contributed by atoms with E-state index in [2.05, 4.69) is 33.4 Å². The average molecular weight is 288 g/mol. The maximum atomic E-state index is 10.0. The van der Waals surface area contributed by atoms with E-state index in [-0.39, 0.29) is 10.8 Å². The van der Waals surface area contributed by atoms with E-state index in [1.807, 2.05) is 0 Å². The van der Waals surface area contributed by atoms with Crippen molar-refractivity contribution in [2.45, 2.75) is 72.1 Å². The minimum absolute atomic E-state index is 0.132. The smallest absolute Gasteiger partial charge is 0.0487 e. The highest BCUT2D eigenvalue weighted by Gasteiger charge is 2.54. The van der Waals surface area contributed by atoms with E-state index in [0.717, 1.165) is 0 Å². The highest BCUT2D eigenvalue weighted by molar-refractivity contribution is 5.36. The number of aliphatic hydroxyl groups is 1. The molecule has 3 rings (SSSR count). The first-order chi connectivity index (χ1) is 9.89. The molecular formula is C20H32O. The Morgan fingerprint density at radius 2 is 1.86 bits per heavy atom. The van der Waals surface area contributed by atoms with Crippen LogP contribution in [0, 0.1) is 22.2 Å². The lowest BCUT2D eigenvalue weighted by molar-refractivity contribution is -0.0422. The van der Waals surface area contributed by atoms with E-state index in [0.29, 0.717) is 17.9 Å². The van der Waals surface area contributed by atoms with E-state index in [1.54, 1.807) is 11.1 Å². The first-order valence-corrected chi connectivity index (χ1v) is 8.87. The van der Waals surface area contributed by atoms with Gasteiger partial charge in [-0.3, -0.25) is 0 Å². The maximum Gasteiger partial charge on any atom is 0.0487 e. The summed E-state index contributed by atoms with van der Waals surface area (Å²) in [6, 6.07) is 0. The van der Waals surface area contributed by atoms with Gasteiger partial charge in [0.25, 0.3) is 0 Å². The van der Waals surface area contributed by atoms with Gasteiger partial charge in [-0.05, 0) is 61.7 Å². The van der Waals surface area contributed by atoms with E-state index in [4.69, 9.17) is 0 Å². The van der Waals surface area contributed by atoms with Gasteiger partial charge < -0.3 is 5.11 Å². The van der Waals surface area contributed by atoms with Crippen LogP contribution >= 0.6 is 0 Å². The molecule has 0 aromatic carbocycles. The molecule has 4 atom stereocenters. The van der Waals surface area contributed by atoms with Crippen LogP contribution in [0.4, 0.5) is 0 Å². The fourth-order valence-electron chi connectivity index (χ4n) is 6.05. The molecule has 3 aliphatic rings. The molecule has 21 heavy (non-hydrogen) atoms. The molecule has 1 nitrogen and oxygen atoms in total. The van der Waals surface area contributed by atoms with Crippen molar-refractivity contribution in [3.63, 3.8) is 0 Å². The highest BCUT2D eigenvalue weighted by atomic mass is 16.3. The third-order valence-corrected chi connectivity index (χ3v) is 7.42. The van der Waals surface area contributed by atoms with Crippen molar-refractivity contribution < 1.29 is 5.11 Å². The molecule has 0 amide bonds. The van der Waals surface area contributed by atoms with Crippen LogP contribution in [0.15, 0.2) is 23.8 Å². The van der Waals surface area contributed by atoms with Gasteiger partial charge in [-0.2, -0.15) is 0 Å². The Balaban J connectivity index is 2.08. The topological polar surface area (TPSA) is 20.2 Å². The third kappa shape index (κ3) is 2.07. The summed E-state index contributed by atoms with van der Waals surface area (Å²) in [4.78, 5) is 0. The predicted molar refractivity (Wildman–Crippen MR) is 89.1 cm³/mol. The van der Waals surface area contributed by atoms with Crippen LogP contribution in [0.25, 0.3) is 0 Å². The molecule has 118 valence electrons. The van der Waals surface area contributed by atoms with Crippen molar-refractivity contribution >= 4 is 0 Å². The van der Waals surface area contributed by atoms with Crippen molar-refractivity contribution in [2.75, 3.05) is 6.61 Å². The van der Waals surface area contributed by atoms with Gasteiger partial charge in [-0.15, -0.1) is 6.58 Å². The van der Waals surface area contributed by atoms with Gasteiger partial charge in [-0.25, -0.2) is 0 Å². The van der Waals surface area contributed by atoms with Crippen LogP contribution in [0.2, 0.25) is 0 Å². The summed E-state index contributed by atoms with van der Waals surface area (Å²) in [7, 11) is 0. The molecule has 0 spiro atoms. The Morgan fingerprint density at radius 1 is 1.10 bits per heavy atom. The second-order valence-electron chi connectivity index (χ2n) is 8.61. The van der Waals surface area contributed by atoms with E-state index >= 15 is 0 Å². The van der Waals surface area contributed by atoms with Crippen LogP contribution in [0.5, 0.6) is 0 Å². The molecule has 1 fully saturated rings. The molecule has 0 heterocycles. The van der Waals surface area contributed by atoms with Crippen molar-refractivity contribution in [3.8, 4) is 0 Å². The zero-order chi connectivity index (χ0) is 15.3. The Kier molecular flexibility index (Phi) is 3.64. The van der Waals surface area contributed by atoms with Crippen molar-refractivity contribution in [2.24, 2.45) is 22.2 Å². The second-order valence-corrected chi connectivity index (χ2v) is 8.61. The largest absolute Gasteiger partial charge is 0.396 e. The normalized spacial score (nSPS) is 46.8. The van der Waals surface area contributed by atoms with Gasteiger partial charge in [0.2, 0.25) is 0 Å². The fraction of sp³-hybridized carbons (Fsp3) is 0.800. The molecule has 0 unspecified atom stereocenters. The van der Waals surface area contributed by atoms with Crippen LogP contribution < -0.4 is 0 Å². The highest BCUT2D eigenvalue weighted by Crippen LogP contribution is 2.63. The average Bonchev–Trinajstić information content (AvgIpc) is 2.48. The number of hydrogen-bond donors (Lipinski definition) is 1. The SMILES string of the molecule is C=C[C@@]1(C)CCCC2=C1CC[C@@H]1[C@](C)(CO)CCC[C@@]21C. The van der Waals surface area contributed by atoms with Crippen LogP contribution in [0.1, 0.15) is 72.1 Å². The van der Waals surface area contributed by atoms with Gasteiger partial charge in [0.15, 0.2) is 0 Å². The molecule has 0 aliphatic heterocycles. The van der Waals surface area contributed by atoms with Crippen molar-refractivity contribution in [1.29, 1.82) is 0 Å². The minimum atomic E-state index is 0.132. The monoisotopic (exact) mass is 288 g/mol. The standard InChI is InChI=1S/C20H32O/c1-5-18(2)11-6-8-16-15(18)9-10-17-19(3,14-21)12-7-13-20(16,17)4/h5,17,21H,1,6-14H2,2-4H3/t17-,18+,19+,20+/m1/s1. The molecule has 0 aromatic rings. The third-order valence-electron chi connectivity index (χ3n) is 7.42. The number of allylic oxidation sites excluding steroid dienone is 3. The number of aliphatic hydroxyl groups excluding tert-OH is 1. The zero-order valence-corrected chi connectivity index (χ0v) is 14.2. The molecule has 1 saturated carbocycles. The second kappa shape index (κ2) is 4.98. The van der Waals surface area contributed by atoms with Gasteiger partial charge >= 0.3 is 0 Å². The van der Waals surface area contributed by atoms with Gasteiger partial charge in [-0.1, -0.05) is 44.4 Å². The van der Waals surface area contributed by atoms with Crippen LogP contribution in [0.3, 0.4) is 0 Å². The summed E-state index contributed by atoms with van der Waals surface area (Å²) in [5.41, 5.74) is 4.16. The van der Waals surface area contributed by atoms with E-state index in [1.165, 1.54) is 51.4 Å². The lowest BCUT2D eigenvalue weighted by Gasteiger charge is -2.58. The minimum Gasteiger partial charge on any atom is -0.396 e. The Bertz CT molecular complexity index is 476. The Hall–Kier alpha value is -0.560. The summed E-state index contributed by atoms with van der Waals surface area (Å²) in [5, 5.41) is 10.0. The summed E-state index contributed by atoms with van der Waals surface area (Å²) >= 11 is 0. The number of rotatable bonds is 2. The first-order valence-electron chi connectivity index (χ1n) is 8.87. The van der Waals surface area contributed by atoms with Gasteiger partial charge in [0.05, 0.1) is 0 Å². The number of hydrogen-bond acceptors (Lipinski definition) is 1. The summed E-state index contributed by atoms with van der Waals surface area (Å²) in [5.74, 6) is 0.662.